The van der Waals surface area contributed by atoms with Crippen LogP contribution in [0.2, 0.25) is 0 Å². The maximum atomic E-state index is 10.6. The molecule has 22 heavy (non-hydrogen) atoms. The van der Waals surface area contributed by atoms with Crippen LogP contribution in [0.4, 0.5) is 0 Å². The highest BCUT2D eigenvalue weighted by atomic mass is 16.3. The molecule has 1 rings (SSSR count). The summed E-state index contributed by atoms with van der Waals surface area (Å²) in [6, 6.07) is 0. The zero-order valence-corrected chi connectivity index (χ0v) is 14.9. The van der Waals surface area contributed by atoms with E-state index in [1.165, 1.54) is 18.4 Å². The summed E-state index contributed by atoms with van der Waals surface area (Å²) in [6.45, 7) is 12.9. The van der Waals surface area contributed by atoms with Gasteiger partial charge in [0.15, 0.2) is 0 Å². The minimum Gasteiger partial charge on any atom is -0.392 e. The summed E-state index contributed by atoms with van der Waals surface area (Å²) >= 11 is 0. The fourth-order valence-corrected chi connectivity index (χ4v) is 3.52. The molecule has 2 N–H and O–H groups in total. The van der Waals surface area contributed by atoms with Crippen LogP contribution < -0.4 is 0 Å². The van der Waals surface area contributed by atoms with Gasteiger partial charge in [-0.1, -0.05) is 49.8 Å². The summed E-state index contributed by atoms with van der Waals surface area (Å²) < 4.78 is 0. The SMILES string of the molecule is C=C1CCCC(C)(C)C1CCC(C)(O)C=CCC(C)=CCO. The van der Waals surface area contributed by atoms with Gasteiger partial charge in [-0.05, 0) is 63.7 Å². The van der Waals surface area contributed by atoms with Gasteiger partial charge in [0, 0.05) is 0 Å². The Morgan fingerprint density at radius 1 is 1.45 bits per heavy atom. The summed E-state index contributed by atoms with van der Waals surface area (Å²) in [5.41, 5.74) is 2.01. The van der Waals surface area contributed by atoms with Crippen molar-refractivity contribution in [1.29, 1.82) is 0 Å². The Morgan fingerprint density at radius 3 is 2.73 bits per heavy atom. The standard InChI is InChI=1S/C20H34O2/c1-16(11-15-21)8-6-13-20(5,22)14-10-18-17(2)9-7-12-19(18,3)4/h6,11,13,18,21-22H,2,7-10,12,14-15H2,1,3-5H3. The van der Waals surface area contributed by atoms with Gasteiger partial charge >= 0.3 is 0 Å². The van der Waals surface area contributed by atoms with E-state index in [9.17, 15) is 5.11 Å². The minimum absolute atomic E-state index is 0.0783. The summed E-state index contributed by atoms with van der Waals surface area (Å²) in [5.74, 6) is 0.511. The van der Waals surface area contributed by atoms with E-state index >= 15 is 0 Å². The monoisotopic (exact) mass is 306 g/mol. The Balaban J connectivity index is 2.55. The highest BCUT2D eigenvalue weighted by molar-refractivity contribution is 5.11. The molecule has 0 amide bonds. The quantitative estimate of drug-likeness (QED) is 0.664. The molecule has 0 heterocycles. The van der Waals surface area contributed by atoms with E-state index in [4.69, 9.17) is 5.11 Å². The molecule has 2 unspecified atom stereocenters. The lowest BCUT2D eigenvalue weighted by Gasteiger charge is -2.41. The lowest BCUT2D eigenvalue weighted by atomic mass is 9.64. The molecule has 0 aromatic carbocycles. The maximum Gasteiger partial charge on any atom is 0.0800 e. The number of rotatable bonds is 7. The lowest BCUT2D eigenvalue weighted by molar-refractivity contribution is 0.0791. The molecule has 0 radical (unpaired) electrons. The van der Waals surface area contributed by atoms with Crippen LogP contribution in [-0.4, -0.2) is 22.4 Å². The molecule has 1 aliphatic carbocycles. The summed E-state index contributed by atoms with van der Waals surface area (Å²) in [7, 11) is 0. The van der Waals surface area contributed by atoms with Crippen molar-refractivity contribution < 1.29 is 10.2 Å². The highest BCUT2D eigenvalue weighted by Crippen LogP contribution is 2.45. The van der Waals surface area contributed by atoms with Gasteiger partial charge in [0.05, 0.1) is 12.2 Å². The predicted octanol–water partition coefficient (Wildman–Crippen LogP) is 4.79. The third kappa shape index (κ3) is 6.10. The van der Waals surface area contributed by atoms with Crippen molar-refractivity contribution in [2.45, 2.75) is 71.8 Å². The molecule has 0 aromatic rings. The second-order valence-corrected chi connectivity index (χ2v) is 7.79. The first-order valence-corrected chi connectivity index (χ1v) is 8.52. The van der Waals surface area contributed by atoms with Gasteiger partial charge in [-0.3, -0.25) is 0 Å². The third-order valence-electron chi connectivity index (χ3n) is 5.05. The average molecular weight is 306 g/mol. The molecule has 2 heteroatoms. The zero-order valence-electron chi connectivity index (χ0n) is 14.9. The first-order chi connectivity index (χ1) is 10.2. The van der Waals surface area contributed by atoms with E-state index in [1.54, 1.807) is 6.08 Å². The van der Waals surface area contributed by atoms with Crippen molar-refractivity contribution in [3.63, 3.8) is 0 Å². The number of aliphatic hydroxyl groups is 2. The molecule has 0 bridgehead atoms. The molecular weight excluding hydrogens is 272 g/mol. The molecule has 0 aromatic heterocycles. The van der Waals surface area contributed by atoms with Crippen molar-refractivity contribution in [3.8, 4) is 0 Å². The van der Waals surface area contributed by atoms with Gasteiger partial charge in [-0.2, -0.15) is 0 Å². The zero-order chi connectivity index (χ0) is 16.8. The smallest absolute Gasteiger partial charge is 0.0800 e. The first kappa shape index (κ1) is 19.2. The van der Waals surface area contributed by atoms with E-state index < -0.39 is 5.60 Å². The van der Waals surface area contributed by atoms with Crippen molar-refractivity contribution in [2.24, 2.45) is 11.3 Å². The van der Waals surface area contributed by atoms with Crippen LogP contribution in [0.5, 0.6) is 0 Å². The van der Waals surface area contributed by atoms with Crippen molar-refractivity contribution in [3.05, 3.63) is 36.0 Å². The maximum absolute atomic E-state index is 10.6. The number of aliphatic hydroxyl groups excluding tert-OH is 1. The first-order valence-electron chi connectivity index (χ1n) is 8.52. The molecular formula is C20H34O2. The Hall–Kier alpha value is -0.860. The number of hydrogen-bond donors (Lipinski definition) is 2. The minimum atomic E-state index is -0.771. The Morgan fingerprint density at radius 2 is 2.14 bits per heavy atom. The Labute approximate surface area is 136 Å². The second-order valence-electron chi connectivity index (χ2n) is 7.79. The largest absolute Gasteiger partial charge is 0.392 e. The second kappa shape index (κ2) is 8.12. The molecule has 0 spiro atoms. The number of hydrogen-bond acceptors (Lipinski definition) is 2. The molecule has 1 fully saturated rings. The van der Waals surface area contributed by atoms with Gasteiger partial charge < -0.3 is 10.2 Å². The normalized spacial score (nSPS) is 25.5. The fraction of sp³-hybridized carbons (Fsp3) is 0.700. The number of allylic oxidation sites excluding steroid dienone is 3. The van der Waals surface area contributed by atoms with Crippen LogP contribution in [0.1, 0.15) is 66.2 Å². The van der Waals surface area contributed by atoms with Gasteiger partial charge in [0.2, 0.25) is 0 Å². The van der Waals surface area contributed by atoms with E-state index in [0.29, 0.717) is 11.3 Å². The van der Waals surface area contributed by atoms with Crippen LogP contribution in [0.25, 0.3) is 0 Å². The van der Waals surface area contributed by atoms with Gasteiger partial charge in [0.1, 0.15) is 0 Å². The predicted molar refractivity (Wildman–Crippen MR) is 94.7 cm³/mol. The summed E-state index contributed by atoms with van der Waals surface area (Å²) in [6.07, 6.45) is 11.9. The van der Waals surface area contributed by atoms with Crippen molar-refractivity contribution in [2.75, 3.05) is 6.61 Å². The van der Waals surface area contributed by atoms with E-state index in [0.717, 1.165) is 31.3 Å². The third-order valence-corrected chi connectivity index (χ3v) is 5.05. The summed E-state index contributed by atoms with van der Waals surface area (Å²) in [5, 5.41) is 19.4. The van der Waals surface area contributed by atoms with Crippen molar-refractivity contribution in [1.82, 2.24) is 0 Å². The van der Waals surface area contributed by atoms with Gasteiger partial charge in [-0.25, -0.2) is 0 Å². The summed E-state index contributed by atoms with van der Waals surface area (Å²) in [4.78, 5) is 0. The van der Waals surface area contributed by atoms with Crippen LogP contribution in [0, 0.1) is 11.3 Å². The molecule has 2 nitrogen and oxygen atoms in total. The van der Waals surface area contributed by atoms with Gasteiger partial charge in [-0.15, -0.1) is 0 Å². The molecule has 0 aliphatic heterocycles. The molecule has 1 saturated carbocycles. The molecule has 2 atom stereocenters. The fourth-order valence-electron chi connectivity index (χ4n) is 3.52. The molecule has 1 aliphatic rings. The van der Waals surface area contributed by atoms with Crippen LogP contribution in [-0.2, 0) is 0 Å². The Kier molecular flexibility index (Phi) is 7.08. The van der Waals surface area contributed by atoms with E-state index in [1.807, 2.05) is 26.0 Å². The van der Waals surface area contributed by atoms with Crippen LogP contribution in [0.3, 0.4) is 0 Å². The highest BCUT2D eigenvalue weighted by Gasteiger charge is 2.35. The van der Waals surface area contributed by atoms with E-state index in [-0.39, 0.29) is 6.61 Å². The molecule has 126 valence electrons. The average Bonchev–Trinajstić information content (AvgIpc) is 2.37. The van der Waals surface area contributed by atoms with Crippen LogP contribution in [0.15, 0.2) is 36.0 Å². The topological polar surface area (TPSA) is 40.5 Å². The molecule has 0 saturated heterocycles. The lowest BCUT2D eigenvalue weighted by Crippen LogP contribution is -2.32. The van der Waals surface area contributed by atoms with Gasteiger partial charge in [0.25, 0.3) is 0 Å². The Bertz CT molecular complexity index is 427. The van der Waals surface area contributed by atoms with Crippen LogP contribution >= 0.6 is 0 Å². The van der Waals surface area contributed by atoms with E-state index in [2.05, 4.69) is 20.4 Å². The van der Waals surface area contributed by atoms with Crippen molar-refractivity contribution >= 4 is 0 Å².